The molecule has 0 spiro atoms. The van der Waals surface area contributed by atoms with Crippen molar-refractivity contribution in [2.45, 2.75) is 0 Å². The highest BCUT2D eigenvalue weighted by Crippen LogP contribution is 2.16. The minimum absolute atomic E-state index is 0.103. The average Bonchev–Trinajstić information content (AvgIpc) is 2.05. The molecular formula is C9H8BrNO. The molecule has 3 heteroatoms. The molecule has 0 amide bonds. The van der Waals surface area contributed by atoms with Gasteiger partial charge in [-0.2, -0.15) is 0 Å². The summed E-state index contributed by atoms with van der Waals surface area (Å²) in [6, 6.07) is 7.27. The number of hydrogen-bond acceptors (Lipinski definition) is 2. The second-order valence-corrected chi connectivity index (χ2v) is 3.14. The van der Waals surface area contributed by atoms with Gasteiger partial charge in [-0.05, 0) is 18.2 Å². The third-order valence-electron chi connectivity index (χ3n) is 1.36. The molecule has 1 aromatic carbocycles. The summed E-state index contributed by atoms with van der Waals surface area (Å²) in [4.78, 5) is 0. The number of allylic oxidation sites excluding steroid dienone is 1. The molecule has 0 aliphatic heterocycles. The molecule has 0 saturated heterocycles. The van der Waals surface area contributed by atoms with Crippen LogP contribution in [0.2, 0.25) is 0 Å². The maximum absolute atomic E-state index is 9.33. The van der Waals surface area contributed by atoms with E-state index in [0.29, 0.717) is 5.56 Å². The summed E-state index contributed by atoms with van der Waals surface area (Å²) >= 11 is 3.29. The van der Waals surface area contributed by atoms with Crippen LogP contribution in [-0.2, 0) is 0 Å². The zero-order valence-electron chi connectivity index (χ0n) is 6.29. The summed E-state index contributed by atoms with van der Waals surface area (Å²) in [6.07, 6.45) is 2.39. The summed E-state index contributed by atoms with van der Waals surface area (Å²) in [6.45, 7) is 0. The van der Waals surface area contributed by atoms with Crippen molar-refractivity contribution in [1.82, 2.24) is 0 Å². The van der Waals surface area contributed by atoms with Gasteiger partial charge in [-0.15, -0.1) is 0 Å². The van der Waals surface area contributed by atoms with Crippen LogP contribution in [0, 0.1) is 5.41 Å². The van der Waals surface area contributed by atoms with Crippen molar-refractivity contribution >= 4 is 27.9 Å². The average molecular weight is 226 g/mol. The van der Waals surface area contributed by atoms with E-state index in [1.54, 1.807) is 12.1 Å². The maximum Gasteiger partial charge on any atom is 0.124 e. The predicted octanol–water partition coefficient (Wildman–Crippen LogP) is 3.00. The summed E-state index contributed by atoms with van der Waals surface area (Å²) in [5.74, 6) is 0.103. The molecule has 0 atom stereocenters. The van der Waals surface area contributed by atoms with Crippen molar-refractivity contribution in [2.24, 2.45) is 0 Å². The van der Waals surface area contributed by atoms with Gasteiger partial charge in [-0.3, -0.25) is 0 Å². The second-order valence-electron chi connectivity index (χ2n) is 2.23. The third kappa shape index (κ3) is 2.20. The summed E-state index contributed by atoms with van der Waals surface area (Å²) in [5.41, 5.74) is 0.702. The first-order chi connectivity index (χ1) is 5.74. The van der Waals surface area contributed by atoms with E-state index in [-0.39, 0.29) is 5.76 Å². The molecule has 12 heavy (non-hydrogen) atoms. The highest BCUT2D eigenvalue weighted by molar-refractivity contribution is 9.10. The van der Waals surface area contributed by atoms with Crippen LogP contribution in [0.25, 0.3) is 5.76 Å². The summed E-state index contributed by atoms with van der Waals surface area (Å²) < 4.78 is 0.907. The Morgan fingerprint density at radius 3 is 2.83 bits per heavy atom. The van der Waals surface area contributed by atoms with Crippen LogP contribution in [0.3, 0.4) is 0 Å². The Balaban J connectivity index is 3.03. The number of nitrogens with one attached hydrogen (secondary N) is 1. The highest BCUT2D eigenvalue weighted by atomic mass is 79.9. The molecule has 0 radical (unpaired) electrons. The van der Waals surface area contributed by atoms with Gasteiger partial charge in [0, 0.05) is 16.3 Å². The zero-order valence-corrected chi connectivity index (χ0v) is 7.88. The van der Waals surface area contributed by atoms with E-state index in [1.807, 2.05) is 12.1 Å². The molecule has 0 aromatic heterocycles. The van der Waals surface area contributed by atoms with Gasteiger partial charge in [0.2, 0.25) is 0 Å². The standard InChI is InChI=1S/C9H8BrNO/c10-8-3-1-2-7(6-8)9(12)4-5-11/h1-6,11-12H/b9-4-,11-5?. The van der Waals surface area contributed by atoms with E-state index in [2.05, 4.69) is 15.9 Å². The minimum atomic E-state index is 0.103. The van der Waals surface area contributed by atoms with Crippen molar-refractivity contribution in [1.29, 1.82) is 5.41 Å². The van der Waals surface area contributed by atoms with Crippen LogP contribution in [0.5, 0.6) is 0 Å². The van der Waals surface area contributed by atoms with E-state index in [0.717, 1.165) is 10.7 Å². The maximum atomic E-state index is 9.33. The lowest BCUT2D eigenvalue weighted by atomic mass is 10.2. The molecular weight excluding hydrogens is 218 g/mol. The van der Waals surface area contributed by atoms with Gasteiger partial charge in [0.15, 0.2) is 0 Å². The smallest absolute Gasteiger partial charge is 0.124 e. The number of hydrogen-bond donors (Lipinski definition) is 2. The summed E-state index contributed by atoms with van der Waals surface area (Å²) in [5, 5.41) is 16.1. The van der Waals surface area contributed by atoms with Crippen LogP contribution in [0.1, 0.15) is 5.56 Å². The van der Waals surface area contributed by atoms with Gasteiger partial charge >= 0.3 is 0 Å². The first-order valence-corrected chi connectivity index (χ1v) is 4.19. The van der Waals surface area contributed by atoms with Gasteiger partial charge < -0.3 is 10.5 Å². The van der Waals surface area contributed by atoms with E-state index < -0.39 is 0 Å². The number of aliphatic hydroxyl groups excluding tert-OH is 1. The Kier molecular flexibility index (Phi) is 3.05. The highest BCUT2D eigenvalue weighted by Gasteiger charge is 1.96. The van der Waals surface area contributed by atoms with Crippen LogP contribution >= 0.6 is 15.9 Å². The Bertz CT molecular complexity index is 320. The molecule has 0 aliphatic rings. The van der Waals surface area contributed by atoms with Gasteiger partial charge in [0.1, 0.15) is 5.76 Å². The molecule has 2 N–H and O–H groups in total. The number of benzene rings is 1. The van der Waals surface area contributed by atoms with Crippen molar-refractivity contribution in [3.63, 3.8) is 0 Å². The molecule has 0 heterocycles. The molecule has 62 valence electrons. The molecule has 0 bridgehead atoms. The van der Waals surface area contributed by atoms with Crippen LogP contribution in [-0.4, -0.2) is 11.3 Å². The first kappa shape index (κ1) is 9.00. The SMILES string of the molecule is N=C/C=C(\O)c1cccc(Br)c1. The topological polar surface area (TPSA) is 44.1 Å². The number of halogens is 1. The Morgan fingerprint density at radius 1 is 1.50 bits per heavy atom. The molecule has 0 fully saturated rings. The zero-order chi connectivity index (χ0) is 8.97. The van der Waals surface area contributed by atoms with Gasteiger partial charge in [0.25, 0.3) is 0 Å². The Hall–Kier alpha value is -1.09. The predicted molar refractivity (Wildman–Crippen MR) is 53.5 cm³/mol. The van der Waals surface area contributed by atoms with Crippen LogP contribution in [0.4, 0.5) is 0 Å². The molecule has 0 aliphatic carbocycles. The fourth-order valence-electron chi connectivity index (χ4n) is 0.823. The van der Waals surface area contributed by atoms with E-state index >= 15 is 0 Å². The van der Waals surface area contributed by atoms with Crippen molar-refractivity contribution in [2.75, 3.05) is 0 Å². The summed E-state index contributed by atoms with van der Waals surface area (Å²) in [7, 11) is 0. The quantitative estimate of drug-likeness (QED) is 0.590. The largest absolute Gasteiger partial charge is 0.507 e. The molecule has 0 unspecified atom stereocenters. The lowest BCUT2D eigenvalue weighted by Gasteiger charge is -1.98. The van der Waals surface area contributed by atoms with Crippen molar-refractivity contribution in [3.8, 4) is 0 Å². The van der Waals surface area contributed by atoms with Gasteiger partial charge in [-0.1, -0.05) is 28.1 Å². The molecule has 1 rings (SSSR count). The van der Waals surface area contributed by atoms with Crippen LogP contribution in [0.15, 0.2) is 34.8 Å². The van der Waals surface area contributed by atoms with E-state index in [1.165, 1.54) is 6.08 Å². The lowest BCUT2D eigenvalue weighted by Crippen LogP contribution is -1.82. The third-order valence-corrected chi connectivity index (χ3v) is 1.85. The fraction of sp³-hybridized carbons (Fsp3) is 0. The minimum Gasteiger partial charge on any atom is -0.507 e. The molecule has 1 aromatic rings. The molecule has 0 saturated carbocycles. The van der Waals surface area contributed by atoms with Gasteiger partial charge in [-0.25, -0.2) is 0 Å². The second kappa shape index (κ2) is 4.07. The Morgan fingerprint density at radius 2 is 2.25 bits per heavy atom. The fourth-order valence-corrected chi connectivity index (χ4v) is 1.22. The van der Waals surface area contributed by atoms with E-state index in [4.69, 9.17) is 5.41 Å². The van der Waals surface area contributed by atoms with Crippen LogP contribution < -0.4 is 0 Å². The number of rotatable bonds is 2. The van der Waals surface area contributed by atoms with Crippen molar-refractivity contribution < 1.29 is 5.11 Å². The van der Waals surface area contributed by atoms with Crippen molar-refractivity contribution in [3.05, 3.63) is 40.4 Å². The first-order valence-electron chi connectivity index (χ1n) is 3.39. The molecule has 2 nitrogen and oxygen atoms in total. The van der Waals surface area contributed by atoms with E-state index in [9.17, 15) is 5.11 Å². The monoisotopic (exact) mass is 225 g/mol. The lowest BCUT2D eigenvalue weighted by molar-refractivity contribution is 0.512. The van der Waals surface area contributed by atoms with Gasteiger partial charge in [0.05, 0.1) is 0 Å². The number of aliphatic hydroxyl groups is 1. The Labute approximate surface area is 79.2 Å². The normalized spacial score (nSPS) is 11.2.